The van der Waals surface area contributed by atoms with Crippen LogP contribution in [0, 0.1) is 5.92 Å². The van der Waals surface area contributed by atoms with Gasteiger partial charge in [0, 0.05) is 12.7 Å². The van der Waals surface area contributed by atoms with E-state index in [9.17, 15) is 8.78 Å². The number of nitrogens with zero attached hydrogens (tertiary/aromatic N) is 2. The molecular formula is C15H19F2N3O. The van der Waals surface area contributed by atoms with Gasteiger partial charge in [-0.1, -0.05) is 26.0 Å². The van der Waals surface area contributed by atoms with Gasteiger partial charge in [0.15, 0.2) is 5.75 Å². The Balaban J connectivity index is 2.10. The minimum absolute atomic E-state index is 0.109. The van der Waals surface area contributed by atoms with E-state index in [-0.39, 0.29) is 5.75 Å². The van der Waals surface area contributed by atoms with Crippen molar-refractivity contribution in [3.05, 3.63) is 42.2 Å². The van der Waals surface area contributed by atoms with Gasteiger partial charge >= 0.3 is 6.61 Å². The van der Waals surface area contributed by atoms with Crippen LogP contribution < -0.4 is 10.1 Å². The highest BCUT2D eigenvalue weighted by Crippen LogP contribution is 2.23. The molecule has 0 fully saturated rings. The molecule has 0 amide bonds. The zero-order chi connectivity index (χ0) is 15.2. The van der Waals surface area contributed by atoms with Crippen molar-refractivity contribution in [3.8, 4) is 11.4 Å². The van der Waals surface area contributed by atoms with Gasteiger partial charge in [0.2, 0.25) is 0 Å². The van der Waals surface area contributed by atoms with Gasteiger partial charge in [0.1, 0.15) is 5.69 Å². The Morgan fingerprint density at radius 1 is 1.24 bits per heavy atom. The summed E-state index contributed by atoms with van der Waals surface area (Å²) in [7, 11) is 0. The van der Waals surface area contributed by atoms with Crippen LogP contribution in [0.2, 0.25) is 0 Å². The minimum atomic E-state index is -2.85. The number of rotatable bonds is 7. The topological polar surface area (TPSA) is 39.1 Å². The van der Waals surface area contributed by atoms with Crippen LogP contribution in [0.15, 0.2) is 36.5 Å². The first kappa shape index (κ1) is 15.4. The quantitative estimate of drug-likeness (QED) is 0.852. The standard InChI is InChI=1S/C15H19F2N3O/c1-11(2)9-18-10-12-7-8-20(19-12)13-5-3-4-6-14(13)21-15(16)17/h3-8,11,15,18H,9-10H2,1-2H3. The third-order valence-corrected chi connectivity index (χ3v) is 2.83. The Labute approximate surface area is 122 Å². The average Bonchev–Trinajstić information content (AvgIpc) is 2.87. The van der Waals surface area contributed by atoms with Crippen LogP contribution >= 0.6 is 0 Å². The molecule has 114 valence electrons. The molecule has 4 nitrogen and oxygen atoms in total. The maximum Gasteiger partial charge on any atom is 0.387 e. The van der Waals surface area contributed by atoms with Crippen molar-refractivity contribution >= 4 is 0 Å². The summed E-state index contributed by atoms with van der Waals surface area (Å²) in [6.45, 7) is 2.95. The predicted octanol–water partition coefficient (Wildman–Crippen LogP) is 3.22. The molecule has 1 N–H and O–H groups in total. The molecule has 0 atom stereocenters. The molecule has 0 aliphatic rings. The molecule has 1 aromatic carbocycles. The van der Waals surface area contributed by atoms with Crippen molar-refractivity contribution in [2.45, 2.75) is 27.0 Å². The fourth-order valence-corrected chi connectivity index (χ4v) is 1.92. The summed E-state index contributed by atoms with van der Waals surface area (Å²) in [5.41, 5.74) is 1.34. The molecule has 0 unspecified atom stereocenters. The van der Waals surface area contributed by atoms with E-state index in [0.29, 0.717) is 18.2 Å². The first-order valence-electron chi connectivity index (χ1n) is 6.85. The maximum atomic E-state index is 12.4. The fourth-order valence-electron chi connectivity index (χ4n) is 1.92. The highest BCUT2D eigenvalue weighted by atomic mass is 19.3. The molecule has 0 saturated carbocycles. The maximum absolute atomic E-state index is 12.4. The lowest BCUT2D eigenvalue weighted by Crippen LogP contribution is -2.19. The van der Waals surface area contributed by atoms with E-state index in [1.54, 1.807) is 29.1 Å². The predicted molar refractivity (Wildman–Crippen MR) is 76.7 cm³/mol. The average molecular weight is 295 g/mol. The number of nitrogens with one attached hydrogen (secondary N) is 1. The number of hydrogen-bond donors (Lipinski definition) is 1. The van der Waals surface area contributed by atoms with Crippen LogP contribution in [0.4, 0.5) is 8.78 Å². The Hall–Kier alpha value is -1.95. The number of benzene rings is 1. The van der Waals surface area contributed by atoms with E-state index >= 15 is 0 Å². The van der Waals surface area contributed by atoms with Gasteiger partial charge in [-0.25, -0.2) is 4.68 Å². The molecule has 2 rings (SSSR count). The lowest BCUT2D eigenvalue weighted by molar-refractivity contribution is -0.0499. The molecule has 6 heteroatoms. The lowest BCUT2D eigenvalue weighted by Gasteiger charge is -2.10. The molecule has 1 heterocycles. The van der Waals surface area contributed by atoms with Crippen molar-refractivity contribution in [2.24, 2.45) is 5.92 Å². The Morgan fingerprint density at radius 3 is 2.71 bits per heavy atom. The van der Waals surface area contributed by atoms with Crippen molar-refractivity contribution < 1.29 is 13.5 Å². The summed E-state index contributed by atoms with van der Waals surface area (Å²) in [6, 6.07) is 8.45. The molecule has 0 saturated heterocycles. The second kappa shape index (κ2) is 7.17. The summed E-state index contributed by atoms with van der Waals surface area (Å²) >= 11 is 0. The number of halogens is 2. The van der Waals surface area contributed by atoms with Crippen LogP contribution in [0.5, 0.6) is 5.75 Å². The molecule has 0 bridgehead atoms. The van der Waals surface area contributed by atoms with Crippen molar-refractivity contribution in [3.63, 3.8) is 0 Å². The third-order valence-electron chi connectivity index (χ3n) is 2.83. The molecule has 0 aliphatic carbocycles. The second-order valence-corrected chi connectivity index (χ2v) is 5.12. The van der Waals surface area contributed by atoms with Crippen molar-refractivity contribution in [1.82, 2.24) is 15.1 Å². The first-order valence-corrected chi connectivity index (χ1v) is 6.85. The summed E-state index contributed by atoms with van der Waals surface area (Å²) in [4.78, 5) is 0. The lowest BCUT2D eigenvalue weighted by atomic mass is 10.2. The van der Waals surface area contributed by atoms with Crippen molar-refractivity contribution in [2.75, 3.05) is 6.54 Å². The van der Waals surface area contributed by atoms with Gasteiger partial charge in [0.05, 0.1) is 5.69 Å². The van der Waals surface area contributed by atoms with Crippen LogP contribution in [0.25, 0.3) is 5.69 Å². The molecule has 0 spiro atoms. The Morgan fingerprint density at radius 2 is 2.00 bits per heavy atom. The smallest absolute Gasteiger partial charge is 0.387 e. The van der Waals surface area contributed by atoms with Crippen LogP contribution in [-0.4, -0.2) is 22.9 Å². The van der Waals surface area contributed by atoms with Gasteiger partial charge in [-0.2, -0.15) is 13.9 Å². The minimum Gasteiger partial charge on any atom is -0.433 e. The van der Waals surface area contributed by atoms with Gasteiger partial charge in [-0.05, 0) is 30.7 Å². The van der Waals surface area contributed by atoms with Crippen LogP contribution in [0.1, 0.15) is 19.5 Å². The van der Waals surface area contributed by atoms with E-state index < -0.39 is 6.61 Å². The second-order valence-electron chi connectivity index (χ2n) is 5.12. The molecular weight excluding hydrogens is 276 g/mol. The summed E-state index contributed by atoms with van der Waals surface area (Å²) < 4.78 is 30.9. The summed E-state index contributed by atoms with van der Waals surface area (Å²) in [5, 5.41) is 7.66. The highest BCUT2D eigenvalue weighted by Gasteiger charge is 2.11. The van der Waals surface area contributed by atoms with Crippen molar-refractivity contribution in [1.29, 1.82) is 0 Å². The van der Waals surface area contributed by atoms with Crippen LogP contribution in [0.3, 0.4) is 0 Å². The fraction of sp³-hybridized carbons (Fsp3) is 0.400. The van der Waals surface area contributed by atoms with E-state index in [1.165, 1.54) is 6.07 Å². The van der Waals surface area contributed by atoms with Gasteiger partial charge < -0.3 is 10.1 Å². The molecule has 0 radical (unpaired) electrons. The van der Waals surface area contributed by atoms with Gasteiger partial charge in [0.25, 0.3) is 0 Å². The van der Waals surface area contributed by atoms with Gasteiger partial charge in [-0.15, -0.1) is 0 Å². The zero-order valence-electron chi connectivity index (χ0n) is 12.1. The molecule has 1 aromatic heterocycles. The number of ether oxygens (including phenoxy) is 1. The SMILES string of the molecule is CC(C)CNCc1ccn(-c2ccccc2OC(F)F)n1. The van der Waals surface area contributed by atoms with E-state index in [0.717, 1.165) is 12.2 Å². The van der Waals surface area contributed by atoms with E-state index in [2.05, 4.69) is 29.0 Å². The monoisotopic (exact) mass is 295 g/mol. The number of alkyl halides is 2. The zero-order valence-corrected chi connectivity index (χ0v) is 12.1. The third kappa shape index (κ3) is 4.53. The largest absolute Gasteiger partial charge is 0.433 e. The summed E-state index contributed by atoms with van der Waals surface area (Å²) in [5.74, 6) is 0.671. The van der Waals surface area contributed by atoms with Gasteiger partial charge in [-0.3, -0.25) is 0 Å². The number of aromatic nitrogens is 2. The summed E-state index contributed by atoms with van der Waals surface area (Å²) in [6.07, 6.45) is 1.74. The molecule has 0 aliphatic heterocycles. The Kier molecular flexibility index (Phi) is 5.27. The molecule has 21 heavy (non-hydrogen) atoms. The van der Waals surface area contributed by atoms with E-state index in [1.807, 2.05) is 6.07 Å². The normalized spacial score (nSPS) is 11.3. The number of para-hydroxylation sites is 2. The van der Waals surface area contributed by atoms with Crippen LogP contribution in [-0.2, 0) is 6.54 Å². The molecule has 2 aromatic rings. The first-order chi connectivity index (χ1) is 10.1. The highest BCUT2D eigenvalue weighted by molar-refractivity contribution is 5.46. The van der Waals surface area contributed by atoms with E-state index in [4.69, 9.17) is 0 Å². The number of hydrogen-bond acceptors (Lipinski definition) is 3. The Bertz CT molecular complexity index is 570.